The molecule has 1 unspecified atom stereocenters. The van der Waals surface area contributed by atoms with Crippen LogP contribution in [0.4, 0.5) is 11.4 Å². The normalized spacial score (nSPS) is 21.4. The van der Waals surface area contributed by atoms with Crippen molar-refractivity contribution < 1.29 is 14.3 Å². The zero-order valence-corrected chi connectivity index (χ0v) is 10.2. The molecule has 3 rings (SSSR count). The molecule has 0 radical (unpaired) electrons. The molecule has 2 amide bonds. The molecule has 0 aromatic heterocycles. The number of hydrogen-bond donors (Lipinski definition) is 1. The first kappa shape index (κ1) is 11.6. The molecule has 1 fully saturated rings. The summed E-state index contributed by atoms with van der Waals surface area (Å²) in [7, 11) is 0. The molecule has 1 saturated heterocycles. The van der Waals surface area contributed by atoms with Crippen molar-refractivity contribution >= 4 is 23.2 Å². The largest absolute Gasteiger partial charge is 0.482 e. The van der Waals surface area contributed by atoms with Crippen LogP contribution in [0.1, 0.15) is 6.42 Å². The minimum Gasteiger partial charge on any atom is -0.482 e. The van der Waals surface area contributed by atoms with Crippen LogP contribution in [0.15, 0.2) is 18.2 Å². The lowest BCUT2D eigenvalue weighted by atomic mass is 10.1. The van der Waals surface area contributed by atoms with Gasteiger partial charge >= 0.3 is 0 Å². The van der Waals surface area contributed by atoms with Crippen molar-refractivity contribution in [2.75, 3.05) is 23.4 Å². The fourth-order valence-electron chi connectivity index (χ4n) is 2.30. The third-order valence-corrected chi connectivity index (χ3v) is 3.27. The van der Waals surface area contributed by atoms with Gasteiger partial charge in [-0.3, -0.25) is 9.59 Å². The van der Waals surface area contributed by atoms with Crippen LogP contribution < -0.4 is 15.0 Å². The smallest absolute Gasteiger partial charge is 0.262 e. The van der Waals surface area contributed by atoms with Crippen LogP contribution in [0.5, 0.6) is 5.75 Å². The van der Waals surface area contributed by atoms with Gasteiger partial charge in [-0.15, -0.1) is 12.3 Å². The van der Waals surface area contributed by atoms with Crippen molar-refractivity contribution in [1.29, 1.82) is 0 Å². The monoisotopic (exact) mass is 256 g/mol. The number of carbonyl (C=O) groups is 2. The minimum atomic E-state index is -0.176. The first-order valence-corrected chi connectivity index (χ1v) is 6.00. The molecule has 2 aliphatic rings. The summed E-state index contributed by atoms with van der Waals surface area (Å²) in [4.78, 5) is 24.7. The standard InChI is InChI=1S/C14H12N2O3/c1-2-9-5-14(18)16(7-9)10-3-4-11-12(6-10)19-8-13(17)15-11/h1,3-4,6,9H,5,7-8H2,(H,15,17). The van der Waals surface area contributed by atoms with Crippen LogP contribution in [0.3, 0.4) is 0 Å². The summed E-state index contributed by atoms with van der Waals surface area (Å²) < 4.78 is 5.33. The number of ether oxygens (including phenoxy) is 1. The maximum absolute atomic E-state index is 11.9. The van der Waals surface area contributed by atoms with Gasteiger partial charge in [-0.2, -0.15) is 0 Å². The zero-order valence-electron chi connectivity index (χ0n) is 10.2. The maximum atomic E-state index is 11.9. The van der Waals surface area contributed by atoms with Crippen molar-refractivity contribution in [2.45, 2.75) is 6.42 Å². The summed E-state index contributed by atoms with van der Waals surface area (Å²) in [6, 6.07) is 5.27. The second-order valence-corrected chi connectivity index (χ2v) is 4.59. The number of fused-ring (bicyclic) bond motifs is 1. The predicted octanol–water partition coefficient (Wildman–Crippen LogP) is 1.00. The van der Waals surface area contributed by atoms with Gasteiger partial charge < -0.3 is 15.0 Å². The lowest BCUT2D eigenvalue weighted by Gasteiger charge is -2.21. The molecular formula is C14H12N2O3. The van der Waals surface area contributed by atoms with Gasteiger partial charge in [-0.1, -0.05) is 0 Å². The molecule has 1 aromatic carbocycles. The Balaban J connectivity index is 1.89. The number of rotatable bonds is 1. The van der Waals surface area contributed by atoms with Crippen LogP contribution in [-0.2, 0) is 9.59 Å². The van der Waals surface area contributed by atoms with Crippen LogP contribution in [-0.4, -0.2) is 25.0 Å². The van der Waals surface area contributed by atoms with Crippen LogP contribution in [0.25, 0.3) is 0 Å². The highest BCUT2D eigenvalue weighted by molar-refractivity contribution is 5.99. The van der Waals surface area contributed by atoms with Crippen molar-refractivity contribution in [3.05, 3.63) is 18.2 Å². The third kappa shape index (κ3) is 2.02. The molecule has 2 aliphatic heterocycles. The van der Waals surface area contributed by atoms with Gasteiger partial charge in [0.2, 0.25) is 5.91 Å². The molecule has 1 atom stereocenters. The van der Waals surface area contributed by atoms with Crippen molar-refractivity contribution in [3.63, 3.8) is 0 Å². The Morgan fingerprint density at radius 2 is 2.26 bits per heavy atom. The number of carbonyl (C=O) groups excluding carboxylic acids is 2. The molecule has 5 heteroatoms. The fraction of sp³-hybridized carbons (Fsp3) is 0.286. The van der Waals surface area contributed by atoms with Crippen molar-refractivity contribution in [3.8, 4) is 18.1 Å². The van der Waals surface area contributed by atoms with Gasteiger partial charge in [0.25, 0.3) is 5.91 Å². The first-order chi connectivity index (χ1) is 9.17. The molecule has 5 nitrogen and oxygen atoms in total. The Hall–Kier alpha value is -2.48. The maximum Gasteiger partial charge on any atom is 0.262 e. The second kappa shape index (κ2) is 4.32. The number of amides is 2. The summed E-state index contributed by atoms with van der Waals surface area (Å²) in [6.45, 7) is 0.526. The Morgan fingerprint density at radius 1 is 1.42 bits per heavy atom. The molecular weight excluding hydrogens is 244 g/mol. The number of anilines is 2. The van der Waals surface area contributed by atoms with E-state index in [0.717, 1.165) is 5.69 Å². The first-order valence-electron chi connectivity index (χ1n) is 6.00. The van der Waals surface area contributed by atoms with Gasteiger partial charge in [-0.25, -0.2) is 0 Å². The van der Waals surface area contributed by atoms with E-state index in [2.05, 4.69) is 11.2 Å². The van der Waals surface area contributed by atoms with E-state index in [0.29, 0.717) is 24.4 Å². The van der Waals surface area contributed by atoms with Gasteiger partial charge in [0, 0.05) is 30.6 Å². The zero-order chi connectivity index (χ0) is 13.4. The lowest BCUT2D eigenvalue weighted by Crippen LogP contribution is -2.27. The molecule has 96 valence electrons. The van der Waals surface area contributed by atoms with E-state index in [9.17, 15) is 9.59 Å². The van der Waals surface area contributed by atoms with E-state index >= 15 is 0 Å². The molecule has 1 aromatic rings. The van der Waals surface area contributed by atoms with Crippen molar-refractivity contribution in [1.82, 2.24) is 0 Å². The van der Waals surface area contributed by atoms with Gasteiger partial charge in [0.1, 0.15) is 5.75 Å². The van der Waals surface area contributed by atoms with Crippen LogP contribution >= 0.6 is 0 Å². The molecule has 1 N–H and O–H groups in total. The number of terminal acetylenes is 1. The van der Waals surface area contributed by atoms with Crippen molar-refractivity contribution in [2.24, 2.45) is 5.92 Å². The van der Waals surface area contributed by atoms with E-state index in [1.165, 1.54) is 0 Å². The van der Waals surface area contributed by atoms with E-state index in [-0.39, 0.29) is 24.3 Å². The number of nitrogens with one attached hydrogen (secondary N) is 1. The summed E-state index contributed by atoms with van der Waals surface area (Å²) in [5.41, 5.74) is 1.37. The van der Waals surface area contributed by atoms with Gasteiger partial charge in [-0.05, 0) is 12.1 Å². The molecule has 0 bridgehead atoms. The van der Waals surface area contributed by atoms with E-state index < -0.39 is 0 Å². The highest BCUT2D eigenvalue weighted by Crippen LogP contribution is 2.34. The predicted molar refractivity (Wildman–Crippen MR) is 69.9 cm³/mol. The third-order valence-electron chi connectivity index (χ3n) is 3.27. The average molecular weight is 256 g/mol. The fourth-order valence-corrected chi connectivity index (χ4v) is 2.30. The Morgan fingerprint density at radius 3 is 3.00 bits per heavy atom. The Bertz CT molecular complexity index is 603. The lowest BCUT2D eigenvalue weighted by molar-refractivity contribution is -0.119. The molecule has 19 heavy (non-hydrogen) atoms. The van der Waals surface area contributed by atoms with E-state index in [4.69, 9.17) is 11.2 Å². The molecule has 2 heterocycles. The molecule has 0 spiro atoms. The highest BCUT2D eigenvalue weighted by Gasteiger charge is 2.30. The quantitative estimate of drug-likeness (QED) is 0.763. The van der Waals surface area contributed by atoms with Gasteiger partial charge in [0.15, 0.2) is 6.61 Å². The summed E-state index contributed by atoms with van der Waals surface area (Å²) in [5.74, 6) is 2.99. The highest BCUT2D eigenvalue weighted by atomic mass is 16.5. The molecule has 0 saturated carbocycles. The summed E-state index contributed by atoms with van der Waals surface area (Å²) >= 11 is 0. The minimum absolute atomic E-state index is 0.00260. The SMILES string of the molecule is C#CC1CC(=O)N(c2ccc3c(c2)OCC(=O)N3)C1. The summed E-state index contributed by atoms with van der Waals surface area (Å²) in [6.07, 6.45) is 5.74. The van der Waals surface area contributed by atoms with Crippen LogP contribution in [0, 0.1) is 18.3 Å². The Kier molecular flexibility index (Phi) is 2.64. The number of hydrogen-bond acceptors (Lipinski definition) is 3. The van der Waals surface area contributed by atoms with E-state index in [1.807, 2.05) is 0 Å². The average Bonchev–Trinajstić information content (AvgIpc) is 2.79. The van der Waals surface area contributed by atoms with Crippen LogP contribution in [0.2, 0.25) is 0 Å². The van der Waals surface area contributed by atoms with E-state index in [1.54, 1.807) is 23.1 Å². The number of nitrogens with zero attached hydrogens (tertiary/aromatic N) is 1. The molecule has 0 aliphatic carbocycles. The second-order valence-electron chi connectivity index (χ2n) is 4.59. The van der Waals surface area contributed by atoms with Gasteiger partial charge in [0.05, 0.1) is 5.69 Å². The topological polar surface area (TPSA) is 58.6 Å². The summed E-state index contributed by atoms with van der Waals surface area (Å²) in [5, 5.41) is 2.71. The number of benzene rings is 1. The Labute approximate surface area is 110 Å².